The normalized spacial score (nSPS) is 10.5. The number of para-hydroxylation sites is 1. The van der Waals surface area contributed by atoms with Crippen LogP contribution in [-0.2, 0) is 6.54 Å². The minimum atomic E-state index is -0.0296. The van der Waals surface area contributed by atoms with Crippen LogP contribution in [0.1, 0.15) is 22.3 Å². The molecule has 2 aromatic carbocycles. The van der Waals surface area contributed by atoms with Crippen LogP contribution in [0.2, 0.25) is 0 Å². The molecule has 1 amide bonds. The Labute approximate surface area is 154 Å². The van der Waals surface area contributed by atoms with Crippen molar-refractivity contribution >= 4 is 11.6 Å². The van der Waals surface area contributed by atoms with Crippen molar-refractivity contribution < 1.29 is 4.79 Å². The monoisotopic (exact) mass is 348 g/mol. The van der Waals surface area contributed by atoms with Crippen LogP contribution in [0.25, 0.3) is 0 Å². The van der Waals surface area contributed by atoms with Crippen LogP contribution >= 0.6 is 0 Å². The van der Waals surface area contributed by atoms with Crippen molar-refractivity contribution in [3.8, 4) is 0 Å². The zero-order chi connectivity index (χ0) is 18.2. The molecule has 0 saturated heterocycles. The van der Waals surface area contributed by atoms with Gasteiger partial charge in [0, 0.05) is 43.8 Å². The molecule has 1 aromatic heterocycles. The van der Waals surface area contributed by atoms with Gasteiger partial charge in [0.2, 0.25) is 0 Å². The van der Waals surface area contributed by atoms with Gasteiger partial charge in [0.15, 0.2) is 0 Å². The largest absolute Gasteiger partial charge is 0.375 e. The second-order valence-corrected chi connectivity index (χ2v) is 6.27. The summed E-state index contributed by atoms with van der Waals surface area (Å²) in [6.45, 7) is 2.26. The second-order valence-electron chi connectivity index (χ2n) is 6.27. The third kappa shape index (κ3) is 4.96. The highest BCUT2D eigenvalue weighted by Gasteiger charge is 2.06. The average Bonchev–Trinajstić information content (AvgIpc) is 3.19. The fourth-order valence-electron chi connectivity index (χ4n) is 2.77. The van der Waals surface area contributed by atoms with Gasteiger partial charge < -0.3 is 10.2 Å². The molecule has 0 radical (unpaired) electrons. The van der Waals surface area contributed by atoms with E-state index in [1.165, 1.54) is 5.69 Å². The maximum Gasteiger partial charge on any atom is 0.251 e. The van der Waals surface area contributed by atoms with Crippen LogP contribution in [0.4, 0.5) is 5.69 Å². The molecule has 0 atom stereocenters. The van der Waals surface area contributed by atoms with Crippen molar-refractivity contribution in [2.75, 3.05) is 25.0 Å². The first kappa shape index (κ1) is 17.7. The van der Waals surface area contributed by atoms with Crippen LogP contribution in [-0.4, -0.2) is 35.8 Å². The molecule has 1 N–H and O–H groups in total. The van der Waals surface area contributed by atoms with E-state index < -0.39 is 0 Å². The molecule has 0 saturated carbocycles. The van der Waals surface area contributed by atoms with Crippen molar-refractivity contribution in [1.29, 1.82) is 0 Å². The van der Waals surface area contributed by atoms with Crippen LogP contribution in [0, 0.1) is 0 Å². The van der Waals surface area contributed by atoms with Crippen LogP contribution in [0.3, 0.4) is 0 Å². The Bertz CT molecular complexity index is 798. The highest BCUT2D eigenvalue weighted by Crippen LogP contribution is 2.11. The molecule has 0 fully saturated rings. The van der Waals surface area contributed by atoms with E-state index in [9.17, 15) is 4.79 Å². The van der Waals surface area contributed by atoms with Gasteiger partial charge in [-0.25, -0.2) is 0 Å². The molecule has 0 aliphatic carbocycles. The maximum absolute atomic E-state index is 12.2. The third-order valence-electron chi connectivity index (χ3n) is 4.27. The maximum atomic E-state index is 12.2. The first-order valence-corrected chi connectivity index (χ1v) is 8.83. The summed E-state index contributed by atoms with van der Waals surface area (Å²) < 4.78 is 1.86. The number of carbonyl (C=O) groups is 1. The van der Waals surface area contributed by atoms with Gasteiger partial charge >= 0.3 is 0 Å². The van der Waals surface area contributed by atoms with Crippen molar-refractivity contribution in [3.63, 3.8) is 0 Å². The summed E-state index contributed by atoms with van der Waals surface area (Å²) in [7, 11) is 2.06. The van der Waals surface area contributed by atoms with E-state index >= 15 is 0 Å². The van der Waals surface area contributed by atoms with Crippen molar-refractivity contribution in [2.24, 2.45) is 0 Å². The van der Waals surface area contributed by atoms with E-state index in [4.69, 9.17) is 0 Å². The van der Waals surface area contributed by atoms with Gasteiger partial charge in [-0.15, -0.1) is 0 Å². The zero-order valence-corrected chi connectivity index (χ0v) is 15.0. The fraction of sp³-hybridized carbons (Fsp3) is 0.238. The molecular weight excluding hydrogens is 324 g/mol. The van der Waals surface area contributed by atoms with Crippen molar-refractivity contribution in [2.45, 2.75) is 13.0 Å². The molecule has 0 aliphatic heterocycles. The Hall–Kier alpha value is -3.08. The minimum Gasteiger partial charge on any atom is -0.375 e. The lowest BCUT2D eigenvalue weighted by atomic mass is 10.1. The number of hydrogen-bond acceptors (Lipinski definition) is 3. The first-order valence-electron chi connectivity index (χ1n) is 8.83. The zero-order valence-electron chi connectivity index (χ0n) is 15.0. The van der Waals surface area contributed by atoms with Crippen molar-refractivity contribution in [3.05, 3.63) is 84.2 Å². The van der Waals surface area contributed by atoms with Gasteiger partial charge in [0.25, 0.3) is 5.91 Å². The first-order chi connectivity index (χ1) is 12.7. The summed E-state index contributed by atoms with van der Waals surface area (Å²) >= 11 is 0. The lowest BCUT2D eigenvalue weighted by Gasteiger charge is -2.19. The van der Waals surface area contributed by atoms with E-state index in [-0.39, 0.29) is 5.91 Å². The highest BCUT2D eigenvalue weighted by atomic mass is 16.1. The fourth-order valence-corrected chi connectivity index (χ4v) is 2.77. The molecule has 26 heavy (non-hydrogen) atoms. The summed E-state index contributed by atoms with van der Waals surface area (Å²) in [4.78, 5) is 14.4. The van der Waals surface area contributed by atoms with Crippen LogP contribution in [0.5, 0.6) is 0 Å². The Morgan fingerprint density at radius 1 is 1.08 bits per heavy atom. The molecule has 0 unspecified atom stereocenters. The molecule has 3 aromatic rings. The molecule has 134 valence electrons. The van der Waals surface area contributed by atoms with Gasteiger partial charge in [0.05, 0.1) is 6.54 Å². The highest BCUT2D eigenvalue weighted by molar-refractivity contribution is 5.94. The Balaban J connectivity index is 1.42. The SMILES string of the molecule is CN(CCCNC(=O)c1ccc(Cn2cccn2)cc1)c1ccccc1. The number of benzene rings is 2. The lowest BCUT2D eigenvalue weighted by Crippen LogP contribution is -2.28. The summed E-state index contributed by atoms with van der Waals surface area (Å²) in [5, 5.41) is 7.18. The number of anilines is 1. The topological polar surface area (TPSA) is 50.2 Å². The second kappa shape index (κ2) is 8.85. The number of nitrogens with zero attached hydrogens (tertiary/aromatic N) is 3. The smallest absolute Gasteiger partial charge is 0.251 e. The van der Waals surface area contributed by atoms with E-state index in [0.717, 1.165) is 18.5 Å². The number of amides is 1. The predicted octanol–water partition coefficient (Wildman–Crippen LogP) is 3.19. The molecule has 5 heteroatoms. The Morgan fingerprint density at radius 2 is 1.85 bits per heavy atom. The number of hydrogen-bond donors (Lipinski definition) is 1. The number of aromatic nitrogens is 2. The Kier molecular flexibility index (Phi) is 6.04. The van der Waals surface area contributed by atoms with Gasteiger partial charge in [-0.05, 0) is 42.3 Å². The van der Waals surface area contributed by atoms with Crippen LogP contribution < -0.4 is 10.2 Å². The lowest BCUT2D eigenvalue weighted by molar-refractivity contribution is 0.0953. The molecule has 0 aliphatic rings. The standard InChI is InChI=1S/C21H24N4O/c1-24(20-7-3-2-4-8-20)15-5-13-22-21(26)19-11-9-18(10-12-19)17-25-16-6-14-23-25/h2-4,6-12,14,16H,5,13,15,17H2,1H3,(H,22,26). The Morgan fingerprint density at radius 3 is 2.54 bits per heavy atom. The minimum absolute atomic E-state index is 0.0296. The summed E-state index contributed by atoms with van der Waals surface area (Å²) in [6.07, 6.45) is 4.58. The molecule has 0 spiro atoms. The molecule has 5 nitrogen and oxygen atoms in total. The number of carbonyl (C=O) groups excluding carboxylic acids is 1. The predicted molar refractivity (Wildman–Crippen MR) is 104 cm³/mol. The number of rotatable bonds is 8. The van der Waals surface area contributed by atoms with Gasteiger partial charge in [-0.3, -0.25) is 9.48 Å². The van der Waals surface area contributed by atoms with E-state index in [1.54, 1.807) is 6.20 Å². The van der Waals surface area contributed by atoms with E-state index in [0.29, 0.717) is 18.7 Å². The summed E-state index contributed by atoms with van der Waals surface area (Å²) in [5.41, 5.74) is 2.99. The molecular formula is C21H24N4O. The third-order valence-corrected chi connectivity index (χ3v) is 4.27. The van der Waals surface area contributed by atoms with Gasteiger partial charge in [-0.1, -0.05) is 30.3 Å². The van der Waals surface area contributed by atoms with Gasteiger partial charge in [0.1, 0.15) is 0 Å². The molecule has 3 rings (SSSR count). The van der Waals surface area contributed by atoms with Crippen LogP contribution in [0.15, 0.2) is 73.1 Å². The summed E-state index contributed by atoms with van der Waals surface area (Å²) in [6, 6.07) is 19.8. The number of nitrogens with one attached hydrogen (secondary N) is 1. The van der Waals surface area contributed by atoms with Gasteiger partial charge in [-0.2, -0.15) is 5.10 Å². The van der Waals surface area contributed by atoms with Crippen molar-refractivity contribution in [1.82, 2.24) is 15.1 Å². The molecule has 1 heterocycles. The van der Waals surface area contributed by atoms with E-state index in [2.05, 4.69) is 34.5 Å². The quantitative estimate of drug-likeness (QED) is 0.636. The molecule has 0 bridgehead atoms. The average molecular weight is 348 g/mol. The summed E-state index contributed by atoms with van der Waals surface area (Å²) in [5.74, 6) is -0.0296. The van der Waals surface area contributed by atoms with E-state index in [1.807, 2.05) is 59.4 Å².